The van der Waals surface area contributed by atoms with Gasteiger partial charge in [0.2, 0.25) is 5.91 Å². The van der Waals surface area contributed by atoms with Crippen molar-refractivity contribution in [3.05, 3.63) is 60.2 Å². The number of carbonyl (C=O) groups is 1. The van der Waals surface area contributed by atoms with E-state index in [0.717, 1.165) is 5.69 Å². The lowest BCUT2D eigenvalue weighted by atomic mass is 10.0. The van der Waals surface area contributed by atoms with Crippen LogP contribution in [0.15, 0.2) is 64.5 Å². The Bertz CT molecular complexity index is 988. The number of fused-ring (bicyclic) bond motifs is 1. The standard InChI is InChI=1S/C21H26N4O3S/c1-15(2)18(24-16-8-4-3-5-9-16)14-23-20(26)12-13-22-21-17-10-6-7-11-19(17)29(27,28)25-21/h3-11,15,18,24H,12-14H2,1-2H3,(H,22,25)(H,23,26). The molecule has 0 bridgehead atoms. The number of para-hydroxylation sites is 1. The number of aliphatic imine (C=N–C) groups is 1. The van der Waals surface area contributed by atoms with Crippen LogP contribution >= 0.6 is 0 Å². The Morgan fingerprint density at radius 3 is 2.48 bits per heavy atom. The van der Waals surface area contributed by atoms with Crippen LogP contribution in [-0.2, 0) is 14.8 Å². The first-order chi connectivity index (χ1) is 13.9. The smallest absolute Gasteiger partial charge is 0.263 e. The quantitative estimate of drug-likeness (QED) is 0.617. The molecule has 0 saturated heterocycles. The Hall–Kier alpha value is -2.87. The minimum absolute atomic E-state index is 0.0983. The second-order valence-corrected chi connectivity index (χ2v) is 8.90. The molecule has 1 amide bonds. The molecule has 1 atom stereocenters. The fraction of sp³-hybridized carbons (Fsp3) is 0.333. The highest BCUT2D eigenvalue weighted by Crippen LogP contribution is 2.22. The molecule has 1 heterocycles. The maximum Gasteiger partial charge on any atom is 0.263 e. The number of nitrogens with one attached hydrogen (secondary N) is 3. The van der Waals surface area contributed by atoms with Crippen LogP contribution in [-0.4, -0.2) is 39.3 Å². The molecule has 1 aliphatic heterocycles. The highest BCUT2D eigenvalue weighted by molar-refractivity contribution is 7.90. The summed E-state index contributed by atoms with van der Waals surface area (Å²) in [5, 5.41) is 6.37. The van der Waals surface area contributed by atoms with Crippen LogP contribution < -0.4 is 15.4 Å². The fourth-order valence-electron chi connectivity index (χ4n) is 3.03. The van der Waals surface area contributed by atoms with Gasteiger partial charge in [0.15, 0.2) is 0 Å². The first-order valence-electron chi connectivity index (χ1n) is 9.62. The van der Waals surface area contributed by atoms with Crippen LogP contribution in [0, 0.1) is 5.92 Å². The highest BCUT2D eigenvalue weighted by Gasteiger charge is 2.29. The van der Waals surface area contributed by atoms with Gasteiger partial charge in [-0.15, -0.1) is 0 Å². The minimum Gasteiger partial charge on any atom is -0.380 e. The number of sulfonamides is 1. The van der Waals surface area contributed by atoms with E-state index >= 15 is 0 Å². The lowest BCUT2D eigenvalue weighted by molar-refractivity contribution is -0.120. The summed E-state index contributed by atoms with van der Waals surface area (Å²) in [5.41, 5.74) is 1.55. The molecular formula is C21H26N4O3S. The monoisotopic (exact) mass is 414 g/mol. The van der Waals surface area contributed by atoms with E-state index in [1.54, 1.807) is 24.3 Å². The van der Waals surface area contributed by atoms with Gasteiger partial charge < -0.3 is 10.6 Å². The molecule has 154 valence electrons. The summed E-state index contributed by atoms with van der Waals surface area (Å²) in [6.45, 7) is 4.90. The first-order valence-corrected chi connectivity index (χ1v) is 11.1. The van der Waals surface area contributed by atoms with Crippen LogP contribution in [0.1, 0.15) is 25.8 Å². The average Bonchev–Trinajstić information content (AvgIpc) is 2.96. The van der Waals surface area contributed by atoms with E-state index in [4.69, 9.17) is 0 Å². The van der Waals surface area contributed by atoms with Crippen molar-refractivity contribution in [1.29, 1.82) is 0 Å². The van der Waals surface area contributed by atoms with E-state index < -0.39 is 10.0 Å². The second-order valence-electron chi connectivity index (χ2n) is 7.25. The summed E-state index contributed by atoms with van der Waals surface area (Å²) in [7, 11) is -3.56. The number of anilines is 1. The molecule has 1 unspecified atom stereocenters. The highest BCUT2D eigenvalue weighted by atomic mass is 32.2. The van der Waals surface area contributed by atoms with Crippen molar-refractivity contribution >= 4 is 27.5 Å². The van der Waals surface area contributed by atoms with Gasteiger partial charge in [0.05, 0.1) is 11.4 Å². The van der Waals surface area contributed by atoms with Crippen molar-refractivity contribution in [3.63, 3.8) is 0 Å². The van der Waals surface area contributed by atoms with Crippen LogP contribution in [0.4, 0.5) is 5.69 Å². The topological polar surface area (TPSA) is 99.7 Å². The Kier molecular flexibility index (Phi) is 6.53. The van der Waals surface area contributed by atoms with E-state index in [9.17, 15) is 13.2 Å². The Labute approximate surface area is 171 Å². The molecule has 1 aliphatic rings. The molecule has 3 N–H and O–H groups in total. The van der Waals surface area contributed by atoms with Crippen LogP contribution in [0.5, 0.6) is 0 Å². The fourth-order valence-corrected chi connectivity index (χ4v) is 4.29. The van der Waals surface area contributed by atoms with E-state index in [2.05, 4.69) is 34.2 Å². The number of amidine groups is 1. The number of carbonyl (C=O) groups excluding carboxylic acids is 1. The average molecular weight is 415 g/mol. The van der Waals surface area contributed by atoms with Gasteiger partial charge >= 0.3 is 0 Å². The molecule has 2 aromatic rings. The largest absolute Gasteiger partial charge is 0.380 e. The summed E-state index contributed by atoms with van der Waals surface area (Å²) in [6, 6.07) is 16.6. The Balaban J connectivity index is 1.52. The van der Waals surface area contributed by atoms with Crippen LogP contribution in [0.3, 0.4) is 0 Å². The summed E-state index contributed by atoms with van der Waals surface area (Å²) in [5.74, 6) is 0.503. The van der Waals surface area contributed by atoms with Crippen molar-refractivity contribution in [2.24, 2.45) is 10.9 Å². The molecule has 8 heteroatoms. The van der Waals surface area contributed by atoms with Crippen molar-refractivity contribution < 1.29 is 13.2 Å². The van der Waals surface area contributed by atoms with E-state index in [1.807, 2.05) is 30.3 Å². The molecule has 0 aliphatic carbocycles. The zero-order valence-electron chi connectivity index (χ0n) is 16.6. The van der Waals surface area contributed by atoms with Crippen molar-refractivity contribution in [1.82, 2.24) is 10.0 Å². The molecule has 29 heavy (non-hydrogen) atoms. The van der Waals surface area contributed by atoms with Gasteiger partial charge in [0.25, 0.3) is 10.0 Å². The predicted molar refractivity (Wildman–Crippen MR) is 114 cm³/mol. The SMILES string of the molecule is CC(C)C(CNC(=O)CCN=C1NS(=O)(=O)c2ccccc21)Nc1ccccc1. The molecule has 7 nitrogen and oxygen atoms in total. The summed E-state index contributed by atoms with van der Waals surface area (Å²) < 4.78 is 26.6. The maximum absolute atomic E-state index is 12.2. The minimum atomic E-state index is -3.56. The molecule has 2 aromatic carbocycles. The van der Waals surface area contributed by atoms with Gasteiger partial charge in [-0.1, -0.05) is 44.2 Å². The van der Waals surface area contributed by atoms with Gasteiger partial charge in [-0.25, -0.2) is 8.42 Å². The van der Waals surface area contributed by atoms with Crippen molar-refractivity contribution in [2.75, 3.05) is 18.4 Å². The number of rotatable bonds is 8. The van der Waals surface area contributed by atoms with E-state index in [0.29, 0.717) is 23.9 Å². The second kappa shape index (κ2) is 9.09. The normalized spacial score (nSPS) is 16.9. The number of amides is 1. The molecule has 0 radical (unpaired) electrons. The van der Waals surface area contributed by atoms with Crippen LogP contribution in [0.25, 0.3) is 0 Å². The predicted octanol–water partition coefficient (Wildman–Crippen LogP) is 2.37. The first kappa shape index (κ1) is 20.9. The maximum atomic E-state index is 12.2. The zero-order valence-corrected chi connectivity index (χ0v) is 17.4. The molecule has 0 saturated carbocycles. The van der Waals surface area contributed by atoms with E-state index in [-0.39, 0.29) is 29.8 Å². The van der Waals surface area contributed by atoms with Gasteiger partial charge in [0.1, 0.15) is 5.84 Å². The zero-order chi connectivity index (χ0) is 20.9. The third-order valence-electron chi connectivity index (χ3n) is 4.72. The molecule has 0 aromatic heterocycles. The molecule has 0 spiro atoms. The van der Waals surface area contributed by atoms with Gasteiger partial charge in [0, 0.05) is 30.3 Å². The summed E-state index contributed by atoms with van der Waals surface area (Å²) >= 11 is 0. The number of benzene rings is 2. The number of hydrogen-bond acceptors (Lipinski definition) is 5. The summed E-state index contributed by atoms with van der Waals surface area (Å²) in [4.78, 5) is 16.7. The number of hydrogen-bond donors (Lipinski definition) is 3. The lowest BCUT2D eigenvalue weighted by Gasteiger charge is -2.24. The molecule has 0 fully saturated rings. The van der Waals surface area contributed by atoms with Gasteiger partial charge in [-0.2, -0.15) is 0 Å². The molecular weight excluding hydrogens is 388 g/mol. The van der Waals surface area contributed by atoms with Gasteiger partial charge in [-0.3, -0.25) is 14.5 Å². The lowest BCUT2D eigenvalue weighted by Crippen LogP contribution is -2.39. The van der Waals surface area contributed by atoms with Crippen LogP contribution in [0.2, 0.25) is 0 Å². The van der Waals surface area contributed by atoms with E-state index in [1.165, 1.54) is 0 Å². The molecule has 3 rings (SSSR count). The third-order valence-corrected chi connectivity index (χ3v) is 6.12. The summed E-state index contributed by atoms with van der Waals surface area (Å²) in [6.07, 6.45) is 0.184. The van der Waals surface area contributed by atoms with Crippen molar-refractivity contribution in [3.8, 4) is 0 Å². The Morgan fingerprint density at radius 1 is 1.07 bits per heavy atom. The van der Waals surface area contributed by atoms with Crippen molar-refractivity contribution in [2.45, 2.75) is 31.2 Å². The van der Waals surface area contributed by atoms with Gasteiger partial charge in [-0.05, 0) is 30.2 Å². The third kappa shape index (κ3) is 5.35. The Morgan fingerprint density at radius 2 is 1.76 bits per heavy atom. The number of nitrogens with zero attached hydrogens (tertiary/aromatic N) is 1.